The van der Waals surface area contributed by atoms with Gasteiger partial charge in [-0.1, -0.05) is 20.8 Å². The van der Waals surface area contributed by atoms with Gasteiger partial charge in [0.05, 0.1) is 6.54 Å². The fourth-order valence-corrected chi connectivity index (χ4v) is 1.80. The van der Waals surface area contributed by atoms with E-state index >= 15 is 0 Å². The zero-order chi connectivity index (χ0) is 10.6. The van der Waals surface area contributed by atoms with Gasteiger partial charge in [-0.05, 0) is 12.8 Å². The van der Waals surface area contributed by atoms with E-state index in [9.17, 15) is 0 Å². The number of aliphatic imine (C=N–C) groups is 1. The van der Waals surface area contributed by atoms with E-state index in [4.69, 9.17) is 5.73 Å². The molecule has 0 aromatic carbocycles. The van der Waals surface area contributed by atoms with Crippen LogP contribution in [0.15, 0.2) is 4.99 Å². The van der Waals surface area contributed by atoms with Crippen LogP contribution in [0.4, 0.5) is 0 Å². The van der Waals surface area contributed by atoms with Crippen LogP contribution in [0, 0.1) is 0 Å². The zero-order valence-electron chi connectivity index (χ0n) is 9.75. The van der Waals surface area contributed by atoms with E-state index in [0.717, 1.165) is 12.3 Å². The summed E-state index contributed by atoms with van der Waals surface area (Å²) in [5, 5.41) is 3.17. The van der Waals surface area contributed by atoms with Gasteiger partial charge in [-0.3, -0.25) is 4.99 Å². The summed E-state index contributed by atoms with van der Waals surface area (Å²) in [6, 6.07) is 0.606. The summed E-state index contributed by atoms with van der Waals surface area (Å²) in [5.74, 6) is 1.65. The lowest BCUT2D eigenvalue weighted by Crippen LogP contribution is -2.33. The fraction of sp³-hybridized carbons (Fsp3) is 0.900. The average Bonchev–Trinajstić information content (AvgIpc) is 2.80. The van der Waals surface area contributed by atoms with Crippen molar-refractivity contribution in [2.24, 2.45) is 10.7 Å². The Bertz CT molecular complexity index is 209. The van der Waals surface area contributed by atoms with E-state index in [1.807, 2.05) is 11.8 Å². The second-order valence-corrected chi connectivity index (χ2v) is 6.57. The molecule has 15 heavy (non-hydrogen) atoms. The minimum absolute atomic E-state index is 0. The van der Waals surface area contributed by atoms with Crippen LogP contribution in [0.3, 0.4) is 0 Å². The van der Waals surface area contributed by atoms with Gasteiger partial charge in [0.15, 0.2) is 5.96 Å². The first kappa shape index (κ1) is 15.3. The summed E-state index contributed by atoms with van der Waals surface area (Å²) in [4.78, 5) is 4.27. The highest BCUT2D eigenvalue weighted by Gasteiger charge is 2.21. The zero-order valence-corrected chi connectivity index (χ0v) is 12.9. The highest BCUT2D eigenvalue weighted by atomic mass is 127. The molecule has 0 atom stereocenters. The predicted octanol–water partition coefficient (Wildman–Crippen LogP) is 2.20. The van der Waals surface area contributed by atoms with Gasteiger partial charge in [-0.2, -0.15) is 11.8 Å². The Balaban J connectivity index is 0.00000196. The molecule has 1 saturated carbocycles. The number of rotatable bonds is 4. The second-order valence-electron chi connectivity index (χ2n) is 4.65. The molecule has 0 amide bonds. The quantitative estimate of drug-likeness (QED) is 0.356. The number of hydrogen-bond acceptors (Lipinski definition) is 2. The van der Waals surface area contributed by atoms with Gasteiger partial charge < -0.3 is 11.1 Å². The fourth-order valence-electron chi connectivity index (χ4n) is 1.00. The van der Waals surface area contributed by atoms with Gasteiger partial charge in [0.1, 0.15) is 0 Å². The van der Waals surface area contributed by atoms with Crippen molar-refractivity contribution in [3.8, 4) is 0 Å². The molecule has 3 nitrogen and oxygen atoms in total. The lowest BCUT2D eigenvalue weighted by molar-refractivity contribution is 0.801. The first-order chi connectivity index (χ1) is 6.47. The number of nitrogens with one attached hydrogen (secondary N) is 1. The molecule has 90 valence electrons. The summed E-state index contributed by atoms with van der Waals surface area (Å²) >= 11 is 1.92. The second kappa shape index (κ2) is 6.83. The number of nitrogens with two attached hydrogens (primary N) is 1. The Hall–Kier alpha value is 0.350. The first-order valence-corrected chi connectivity index (χ1v) is 6.16. The molecule has 0 aromatic rings. The highest BCUT2D eigenvalue weighted by Crippen LogP contribution is 2.22. The number of nitrogens with zero attached hydrogens (tertiary/aromatic N) is 1. The summed E-state index contributed by atoms with van der Waals surface area (Å²) in [5.41, 5.74) is 5.69. The number of thioether (sulfide) groups is 1. The molecule has 1 aliphatic carbocycles. The molecule has 0 spiro atoms. The van der Waals surface area contributed by atoms with Crippen LogP contribution < -0.4 is 11.1 Å². The summed E-state index contributed by atoms with van der Waals surface area (Å²) in [7, 11) is 0. The van der Waals surface area contributed by atoms with E-state index in [1.165, 1.54) is 12.8 Å². The standard InChI is InChI=1S/C10H21N3S.HI/c1-10(2,3)14-7-6-12-9(11)13-8-4-5-8;/h8H,4-7H2,1-3H3,(H3,11,12,13);1H. The van der Waals surface area contributed by atoms with Crippen LogP contribution in [0.25, 0.3) is 0 Å². The van der Waals surface area contributed by atoms with Crippen molar-refractivity contribution in [1.29, 1.82) is 0 Å². The molecule has 0 unspecified atom stereocenters. The Kier molecular flexibility index (Phi) is 6.99. The Morgan fingerprint density at radius 2 is 2.07 bits per heavy atom. The van der Waals surface area contributed by atoms with Gasteiger partial charge >= 0.3 is 0 Å². The molecule has 1 rings (SSSR count). The lowest BCUT2D eigenvalue weighted by Gasteiger charge is -2.16. The van der Waals surface area contributed by atoms with E-state index in [-0.39, 0.29) is 24.0 Å². The highest BCUT2D eigenvalue weighted by molar-refractivity contribution is 14.0. The van der Waals surface area contributed by atoms with Crippen molar-refractivity contribution >= 4 is 41.7 Å². The summed E-state index contributed by atoms with van der Waals surface area (Å²) in [6.07, 6.45) is 2.49. The van der Waals surface area contributed by atoms with E-state index in [0.29, 0.717) is 16.7 Å². The monoisotopic (exact) mass is 343 g/mol. The summed E-state index contributed by atoms with van der Waals surface area (Å²) in [6.45, 7) is 7.46. The molecule has 0 aliphatic heterocycles. The first-order valence-electron chi connectivity index (χ1n) is 5.18. The molecule has 1 aliphatic rings. The molecule has 0 saturated heterocycles. The largest absolute Gasteiger partial charge is 0.370 e. The van der Waals surface area contributed by atoms with Crippen molar-refractivity contribution in [2.75, 3.05) is 12.3 Å². The average molecular weight is 343 g/mol. The van der Waals surface area contributed by atoms with Crippen molar-refractivity contribution in [2.45, 2.75) is 44.4 Å². The Morgan fingerprint density at radius 3 is 2.53 bits per heavy atom. The van der Waals surface area contributed by atoms with Crippen molar-refractivity contribution in [3.05, 3.63) is 0 Å². The van der Waals surface area contributed by atoms with E-state index in [1.54, 1.807) is 0 Å². The van der Waals surface area contributed by atoms with Crippen LogP contribution in [-0.4, -0.2) is 29.0 Å². The van der Waals surface area contributed by atoms with Crippen molar-refractivity contribution in [1.82, 2.24) is 5.32 Å². The third kappa shape index (κ3) is 9.29. The third-order valence-electron chi connectivity index (χ3n) is 1.84. The topological polar surface area (TPSA) is 50.4 Å². The molecule has 0 aromatic heterocycles. The van der Waals surface area contributed by atoms with Crippen molar-refractivity contribution < 1.29 is 0 Å². The van der Waals surface area contributed by atoms with Gasteiger partial charge in [-0.15, -0.1) is 24.0 Å². The number of halogens is 1. The maximum Gasteiger partial charge on any atom is 0.188 e. The molecule has 0 bridgehead atoms. The molecule has 5 heteroatoms. The van der Waals surface area contributed by atoms with Crippen LogP contribution in [0.1, 0.15) is 33.6 Å². The van der Waals surface area contributed by atoms with E-state index in [2.05, 4.69) is 31.1 Å². The van der Waals surface area contributed by atoms with Crippen molar-refractivity contribution in [3.63, 3.8) is 0 Å². The smallest absolute Gasteiger partial charge is 0.188 e. The molecule has 3 N–H and O–H groups in total. The van der Waals surface area contributed by atoms with Gasteiger partial charge in [0, 0.05) is 16.5 Å². The Morgan fingerprint density at radius 1 is 1.47 bits per heavy atom. The van der Waals surface area contributed by atoms with E-state index < -0.39 is 0 Å². The summed E-state index contributed by atoms with van der Waals surface area (Å²) < 4.78 is 0.328. The lowest BCUT2D eigenvalue weighted by atomic mass is 10.3. The molecular formula is C10H22IN3S. The van der Waals surface area contributed by atoms with Gasteiger partial charge in [-0.25, -0.2) is 0 Å². The SMILES string of the molecule is CC(C)(C)SCCN=C(N)NC1CC1.I. The molecular weight excluding hydrogens is 321 g/mol. The van der Waals surface area contributed by atoms with Crippen LogP contribution >= 0.6 is 35.7 Å². The minimum atomic E-state index is 0. The minimum Gasteiger partial charge on any atom is -0.370 e. The maximum absolute atomic E-state index is 5.69. The van der Waals surface area contributed by atoms with Crippen LogP contribution in [0.5, 0.6) is 0 Å². The number of guanidine groups is 1. The molecule has 1 fully saturated rings. The van der Waals surface area contributed by atoms with Gasteiger partial charge in [0.25, 0.3) is 0 Å². The normalized spacial score (nSPS) is 17.1. The van der Waals surface area contributed by atoms with Crippen LogP contribution in [0.2, 0.25) is 0 Å². The number of hydrogen-bond donors (Lipinski definition) is 2. The molecule has 0 radical (unpaired) electrons. The predicted molar refractivity (Wildman–Crippen MR) is 80.3 cm³/mol. The third-order valence-corrected chi connectivity index (χ3v) is 3.09. The Labute approximate surface area is 114 Å². The molecule has 0 heterocycles. The van der Waals surface area contributed by atoms with Gasteiger partial charge in [0.2, 0.25) is 0 Å². The van der Waals surface area contributed by atoms with Crippen LogP contribution in [-0.2, 0) is 0 Å². The maximum atomic E-state index is 5.69.